The van der Waals surface area contributed by atoms with Crippen LogP contribution < -0.4 is 10.6 Å². The zero-order chi connectivity index (χ0) is 28.9. The van der Waals surface area contributed by atoms with Crippen LogP contribution in [0, 0.1) is 12.8 Å². The fourth-order valence-corrected chi connectivity index (χ4v) is 4.61. The minimum atomic E-state index is 0.509. The Morgan fingerprint density at radius 3 is 2.60 bits per heavy atom. The number of aryl methyl sites for hydroxylation is 1. The molecular formula is C33H45N7. The van der Waals surface area contributed by atoms with E-state index < -0.39 is 0 Å². The first-order valence-corrected chi connectivity index (χ1v) is 14.4. The quantitative estimate of drug-likeness (QED) is 0.242. The van der Waals surface area contributed by atoms with Crippen molar-refractivity contribution in [3.05, 3.63) is 90.3 Å². The third kappa shape index (κ3) is 8.85. The molecule has 0 saturated heterocycles. The Morgan fingerprint density at radius 1 is 1.07 bits per heavy atom. The van der Waals surface area contributed by atoms with E-state index in [0.717, 1.165) is 60.0 Å². The SMILES string of the molecule is C=C(Nc1cnc(C)c(Nc2nccc(-c3cccnc3)n2)c1)C1=CC=C(C(C)CCN(C)CCC)CC1.CC. The summed E-state index contributed by atoms with van der Waals surface area (Å²) in [4.78, 5) is 20.2. The molecule has 1 aliphatic carbocycles. The van der Waals surface area contributed by atoms with Crippen molar-refractivity contribution in [2.75, 3.05) is 30.8 Å². The van der Waals surface area contributed by atoms with E-state index >= 15 is 0 Å². The second-order valence-electron chi connectivity index (χ2n) is 10.0. The summed E-state index contributed by atoms with van der Waals surface area (Å²) in [5, 5.41) is 6.77. The van der Waals surface area contributed by atoms with Crippen LogP contribution in [0.2, 0.25) is 0 Å². The highest BCUT2D eigenvalue weighted by atomic mass is 15.1. The molecule has 0 spiro atoms. The van der Waals surface area contributed by atoms with Crippen LogP contribution in [0.15, 0.2) is 84.6 Å². The summed E-state index contributed by atoms with van der Waals surface area (Å²) in [7, 11) is 2.21. The van der Waals surface area contributed by atoms with Crippen LogP contribution in [0.3, 0.4) is 0 Å². The lowest BCUT2D eigenvalue weighted by Crippen LogP contribution is -2.22. The maximum Gasteiger partial charge on any atom is 0.227 e. The van der Waals surface area contributed by atoms with Gasteiger partial charge in [0.05, 0.1) is 29.0 Å². The molecule has 0 aromatic carbocycles. The van der Waals surface area contributed by atoms with Gasteiger partial charge in [0.25, 0.3) is 0 Å². The monoisotopic (exact) mass is 539 g/mol. The molecule has 7 heteroatoms. The maximum atomic E-state index is 4.65. The third-order valence-corrected chi connectivity index (χ3v) is 6.99. The molecule has 0 radical (unpaired) electrons. The molecule has 3 heterocycles. The molecule has 2 N–H and O–H groups in total. The van der Waals surface area contributed by atoms with E-state index in [9.17, 15) is 0 Å². The Balaban J connectivity index is 0.00000216. The summed E-state index contributed by atoms with van der Waals surface area (Å²) in [6.45, 7) is 17.2. The Bertz CT molecular complexity index is 1300. The first-order chi connectivity index (χ1) is 19.4. The molecule has 40 heavy (non-hydrogen) atoms. The molecule has 0 amide bonds. The van der Waals surface area contributed by atoms with Crippen LogP contribution in [0.25, 0.3) is 11.3 Å². The summed E-state index contributed by atoms with van der Waals surface area (Å²) in [6, 6.07) is 7.77. The number of allylic oxidation sites excluding steroid dienone is 4. The summed E-state index contributed by atoms with van der Waals surface area (Å²) in [5.41, 5.74) is 7.98. The molecule has 7 nitrogen and oxygen atoms in total. The molecule has 1 atom stereocenters. The second-order valence-corrected chi connectivity index (χ2v) is 10.0. The van der Waals surface area contributed by atoms with E-state index in [1.54, 1.807) is 18.6 Å². The summed E-state index contributed by atoms with van der Waals surface area (Å²) in [6.07, 6.45) is 16.1. The average molecular weight is 540 g/mol. The fourth-order valence-electron chi connectivity index (χ4n) is 4.61. The third-order valence-electron chi connectivity index (χ3n) is 6.99. The Kier molecular flexibility index (Phi) is 12.0. The lowest BCUT2D eigenvalue weighted by molar-refractivity contribution is 0.313. The number of rotatable bonds is 12. The number of anilines is 3. The van der Waals surface area contributed by atoms with Gasteiger partial charge in [-0.15, -0.1) is 0 Å². The Hall–Kier alpha value is -3.84. The van der Waals surface area contributed by atoms with Gasteiger partial charge in [0.15, 0.2) is 0 Å². The molecule has 0 bridgehead atoms. The Morgan fingerprint density at radius 2 is 1.90 bits per heavy atom. The van der Waals surface area contributed by atoms with Crippen molar-refractivity contribution in [1.29, 1.82) is 0 Å². The smallest absolute Gasteiger partial charge is 0.227 e. The van der Waals surface area contributed by atoms with E-state index in [-0.39, 0.29) is 0 Å². The van der Waals surface area contributed by atoms with Gasteiger partial charge in [0.2, 0.25) is 5.95 Å². The summed E-state index contributed by atoms with van der Waals surface area (Å²) >= 11 is 0. The predicted molar refractivity (Wildman–Crippen MR) is 169 cm³/mol. The highest BCUT2D eigenvalue weighted by Crippen LogP contribution is 2.30. The minimum absolute atomic E-state index is 0.509. The predicted octanol–water partition coefficient (Wildman–Crippen LogP) is 7.95. The molecule has 0 aliphatic heterocycles. The van der Waals surface area contributed by atoms with Gasteiger partial charge >= 0.3 is 0 Å². The van der Waals surface area contributed by atoms with Gasteiger partial charge in [-0.1, -0.05) is 52.0 Å². The normalized spacial score (nSPS) is 13.5. The van der Waals surface area contributed by atoms with Crippen molar-refractivity contribution < 1.29 is 0 Å². The summed E-state index contributed by atoms with van der Waals surface area (Å²) in [5.74, 6) is 1.11. The first kappa shape index (κ1) is 30.7. The topological polar surface area (TPSA) is 78.9 Å². The van der Waals surface area contributed by atoms with E-state index in [0.29, 0.717) is 11.9 Å². The van der Waals surface area contributed by atoms with Gasteiger partial charge in [-0.25, -0.2) is 9.97 Å². The van der Waals surface area contributed by atoms with Crippen LogP contribution in [-0.2, 0) is 0 Å². The Labute approximate surface area is 240 Å². The number of aromatic nitrogens is 4. The molecule has 212 valence electrons. The van der Waals surface area contributed by atoms with Gasteiger partial charge < -0.3 is 15.5 Å². The zero-order valence-corrected chi connectivity index (χ0v) is 25.0. The van der Waals surface area contributed by atoms with Gasteiger partial charge in [-0.2, -0.15) is 0 Å². The highest BCUT2D eigenvalue weighted by Gasteiger charge is 2.15. The summed E-state index contributed by atoms with van der Waals surface area (Å²) < 4.78 is 0. The van der Waals surface area contributed by atoms with Crippen LogP contribution in [0.4, 0.5) is 17.3 Å². The van der Waals surface area contributed by atoms with E-state index in [1.807, 2.05) is 51.2 Å². The van der Waals surface area contributed by atoms with Crippen molar-refractivity contribution >= 4 is 17.3 Å². The van der Waals surface area contributed by atoms with Crippen molar-refractivity contribution in [2.45, 2.75) is 60.3 Å². The van der Waals surface area contributed by atoms with Gasteiger partial charge in [-0.3, -0.25) is 9.97 Å². The molecule has 3 aromatic heterocycles. The number of pyridine rings is 2. The first-order valence-electron chi connectivity index (χ1n) is 14.4. The van der Waals surface area contributed by atoms with Crippen LogP contribution >= 0.6 is 0 Å². The molecule has 0 fully saturated rings. The maximum absolute atomic E-state index is 4.65. The van der Waals surface area contributed by atoms with Gasteiger partial charge in [0.1, 0.15) is 0 Å². The molecule has 4 rings (SSSR count). The highest BCUT2D eigenvalue weighted by molar-refractivity contribution is 5.66. The average Bonchev–Trinajstić information content (AvgIpc) is 2.99. The van der Waals surface area contributed by atoms with Gasteiger partial charge in [-0.05, 0) is 88.5 Å². The minimum Gasteiger partial charge on any atom is -0.354 e. The van der Waals surface area contributed by atoms with Crippen LogP contribution in [0.5, 0.6) is 0 Å². The van der Waals surface area contributed by atoms with Crippen molar-refractivity contribution in [1.82, 2.24) is 24.8 Å². The fraction of sp³-hybridized carbons (Fsp3) is 0.394. The number of nitrogens with one attached hydrogen (secondary N) is 2. The lowest BCUT2D eigenvalue weighted by atomic mass is 9.87. The number of nitrogens with zero attached hydrogens (tertiary/aromatic N) is 5. The van der Waals surface area contributed by atoms with Crippen molar-refractivity contribution in [3.8, 4) is 11.3 Å². The van der Waals surface area contributed by atoms with Crippen LogP contribution in [0.1, 0.15) is 59.1 Å². The molecular weight excluding hydrogens is 494 g/mol. The number of hydrogen-bond acceptors (Lipinski definition) is 7. The molecule has 3 aromatic rings. The molecule has 0 saturated carbocycles. The second kappa shape index (κ2) is 15.7. The van der Waals surface area contributed by atoms with Crippen molar-refractivity contribution in [2.24, 2.45) is 5.92 Å². The van der Waals surface area contributed by atoms with E-state index in [4.69, 9.17) is 0 Å². The van der Waals surface area contributed by atoms with Gasteiger partial charge in [0, 0.05) is 29.9 Å². The lowest BCUT2D eigenvalue weighted by Gasteiger charge is -2.24. The largest absolute Gasteiger partial charge is 0.354 e. The number of hydrogen-bond donors (Lipinski definition) is 2. The molecule has 1 unspecified atom stereocenters. The zero-order valence-electron chi connectivity index (χ0n) is 25.0. The molecule has 1 aliphatic rings. The standard InChI is InChI=1S/C31H39N7.C2H6/c1-6-17-38(5)18-14-22(2)25-9-11-26(12-10-25)23(3)35-28-19-30(24(4)34-21-28)37-31-33-16-13-29(36-31)27-8-7-15-32-20-27;1-2/h7-9,11,13,15-16,19-22,35H,3,6,10,12,14,17-18H2,1-2,4-5H3,(H,33,36,37);1-2H3. The van der Waals surface area contributed by atoms with Crippen LogP contribution in [-0.4, -0.2) is 45.0 Å². The van der Waals surface area contributed by atoms with Crippen molar-refractivity contribution in [3.63, 3.8) is 0 Å². The van der Waals surface area contributed by atoms with E-state index in [1.165, 1.54) is 24.0 Å². The van der Waals surface area contributed by atoms with E-state index in [2.05, 4.69) is 75.1 Å².